The molecular weight excluding hydrogens is 335 g/mol. The molecule has 3 aliphatic rings. The zero-order valence-electron chi connectivity index (χ0n) is 14.0. The summed E-state index contributed by atoms with van der Waals surface area (Å²) in [6, 6.07) is 8.65. The van der Waals surface area contributed by atoms with E-state index in [1.54, 1.807) is 12.4 Å². The van der Waals surface area contributed by atoms with Gasteiger partial charge in [-0.3, -0.25) is 14.6 Å². The third-order valence-electron chi connectivity index (χ3n) is 5.54. The maximum atomic E-state index is 13.2. The molecule has 3 atom stereocenters. The molecule has 3 unspecified atom stereocenters. The highest BCUT2D eigenvalue weighted by atomic mass is 19.1. The third kappa shape index (κ3) is 2.07. The van der Waals surface area contributed by atoms with Gasteiger partial charge in [0.2, 0.25) is 5.91 Å². The van der Waals surface area contributed by atoms with Crippen molar-refractivity contribution in [1.29, 1.82) is 0 Å². The SMILES string of the molecule is O=C1C2C(C(=O)N1c1ccc(F)cc1)N1CCCN1C2c1ccncc1. The molecule has 0 N–H and O–H groups in total. The fourth-order valence-electron chi connectivity index (χ4n) is 4.52. The number of benzene rings is 1. The normalized spacial score (nSPS) is 28.7. The molecule has 0 saturated carbocycles. The highest BCUT2D eigenvalue weighted by Gasteiger charge is 2.62. The predicted octanol–water partition coefficient (Wildman–Crippen LogP) is 1.76. The van der Waals surface area contributed by atoms with E-state index in [2.05, 4.69) is 9.99 Å². The summed E-state index contributed by atoms with van der Waals surface area (Å²) >= 11 is 0. The number of amides is 2. The third-order valence-corrected chi connectivity index (χ3v) is 5.54. The molecule has 0 bridgehead atoms. The van der Waals surface area contributed by atoms with Crippen LogP contribution in [0.4, 0.5) is 10.1 Å². The maximum absolute atomic E-state index is 13.2. The number of hydrazine groups is 1. The molecule has 4 heterocycles. The number of anilines is 1. The molecule has 26 heavy (non-hydrogen) atoms. The second-order valence-electron chi connectivity index (χ2n) is 6.86. The van der Waals surface area contributed by atoms with Gasteiger partial charge in [0.1, 0.15) is 11.9 Å². The Hall–Kier alpha value is -2.64. The summed E-state index contributed by atoms with van der Waals surface area (Å²) in [6.45, 7) is 1.59. The van der Waals surface area contributed by atoms with Crippen molar-refractivity contribution < 1.29 is 14.0 Å². The first-order chi connectivity index (χ1) is 12.7. The largest absolute Gasteiger partial charge is 0.274 e. The number of nitrogens with zero attached hydrogens (tertiary/aromatic N) is 4. The van der Waals surface area contributed by atoms with Gasteiger partial charge >= 0.3 is 0 Å². The van der Waals surface area contributed by atoms with E-state index in [0.717, 1.165) is 25.1 Å². The van der Waals surface area contributed by atoms with Gasteiger partial charge in [0.25, 0.3) is 5.91 Å². The van der Waals surface area contributed by atoms with Gasteiger partial charge in [0, 0.05) is 25.5 Å². The Bertz CT molecular complexity index is 873. The quantitative estimate of drug-likeness (QED) is 0.771. The smallest absolute Gasteiger partial charge is 0.253 e. The number of rotatable bonds is 2. The molecule has 1 aromatic heterocycles. The Balaban J connectivity index is 1.58. The highest BCUT2D eigenvalue weighted by molar-refractivity contribution is 6.24. The summed E-state index contributed by atoms with van der Waals surface area (Å²) in [5, 5.41) is 4.20. The lowest BCUT2D eigenvalue weighted by molar-refractivity contribution is -0.126. The fraction of sp³-hybridized carbons (Fsp3) is 0.316. The summed E-state index contributed by atoms with van der Waals surface area (Å²) in [4.78, 5) is 31.7. The maximum Gasteiger partial charge on any atom is 0.253 e. The van der Waals surface area contributed by atoms with Crippen molar-refractivity contribution in [2.75, 3.05) is 18.0 Å². The van der Waals surface area contributed by atoms with E-state index in [1.807, 2.05) is 17.1 Å². The van der Waals surface area contributed by atoms with Crippen LogP contribution in [0.1, 0.15) is 18.0 Å². The molecule has 132 valence electrons. The minimum Gasteiger partial charge on any atom is -0.274 e. The predicted molar refractivity (Wildman–Crippen MR) is 91.2 cm³/mol. The lowest BCUT2D eigenvalue weighted by atomic mass is 9.90. The van der Waals surface area contributed by atoms with Gasteiger partial charge in [-0.25, -0.2) is 19.3 Å². The monoisotopic (exact) mass is 352 g/mol. The van der Waals surface area contributed by atoms with Crippen LogP contribution in [0.3, 0.4) is 0 Å². The Morgan fingerprint density at radius 2 is 1.54 bits per heavy atom. The summed E-state index contributed by atoms with van der Waals surface area (Å²) < 4.78 is 13.2. The van der Waals surface area contributed by atoms with Crippen molar-refractivity contribution in [3.63, 3.8) is 0 Å². The number of pyridine rings is 1. The van der Waals surface area contributed by atoms with E-state index >= 15 is 0 Å². The summed E-state index contributed by atoms with van der Waals surface area (Å²) in [7, 11) is 0. The Morgan fingerprint density at radius 3 is 2.23 bits per heavy atom. The van der Waals surface area contributed by atoms with Crippen LogP contribution in [0, 0.1) is 11.7 Å². The average Bonchev–Trinajstić information content (AvgIpc) is 3.29. The first-order valence-electron chi connectivity index (χ1n) is 8.73. The molecule has 0 spiro atoms. The van der Waals surface area contributed by atoms with Crippen LogP contribution in [0.2, 0.25) is 0 Å². The molecule has 3 fully saturated rings. The van der Waals surface area contributed by atoms with Crippen LogP contribution in [0.5, 0.6) is 0 Å². The molecule has 3 saturated heterocycles. The van der Waals surface area contributed by atoms with Crippen LogP contribution in [-0.4, -0.2) is 45.9 Å². The molecule has 6 nitrogen and oxygen atoms in total. The second-order valence-corrected chi connectivity index (χ2v) is 6.86. The highest BCUT2D eigenvalue weighted by Crippen LogP contribution is 2.48. The van der Waals surface area contributed by atoms with Crippen LogP contribution in [-0.2, 0) is 9.59 Å². The number of halogens is 1. The number of carbonyl (C=O) groups excluding carboxylic acids is 2. The minimum absolute atomic E-state index is 0.174. The minimum atomic E-state index is -0.492. The number of aromatic nitrogens is 1. The van der Waals surface area contributed by atoms with Gasteiger partial charge in [0.15, 0.2) is 0 Å². The number of carbonyl (C=O) groups is 2. The number of hydrogen-bond acceptors (Lipinski definition) is 5. The molecule has 5 rings (SSSR count). The number of hydrogen-bond donors (Lipinski definition) is 0. The van der Waals surface area contributed by atoms with E-state index in [1.165, 1.54) is 29.2 Å². The molecular formula is C19H17FN4O2. The number of fused-ring (bicyclic) bond motifs is 3. The molecule has 3 aliphatic heterocycles. The van der Waals surface area contributed by atoms with Crippen molar-refractivity contribution in [3.8, 4) is 0 Å². The molecule has 7 heteroatoms. The van der Waals surface area contributed by atoms with Crippen LogP contribution in [0.25, 0.3) is 0 Å². The average molecular weight is 352 g/mol. The van der Waals surface area contributed by atoms with Gasteiger partial charge in [0.05, 0.1) is 17.6 Å². The van der Waals surface area contributed by atoms with Crippen LogP contribution >= 0.6 is 0 Å². The zero-order valence-corrected chi connectivity index (χ0v) is 14.0. The molecule has 1 aromatic carbocycles. The summed E-state index contributed by atoms with van der Waals surface area (Å²) in [5.74, 6) is -1.30. The standard InChI is InChI=1S/C19H17FN4O2/c20-13-2-4-14(5-3-13)24-18(25)15-16(12-6-8-21-9-7-12)22-10-1-11-23(22)17(15)19(24)26/h2-9,15-17H,1,10-11H2. The first-order valence-corrected chi connectivity index (χ1v) is 8.73. The van der Waals surface area contributed by atoms with Crippen LogP contribution < -0.4 is 4.90 Å². The van der Waals surface area contributed by atoms with E-state index in [0.29, 0.717) is 5.69 Å². The van der Waals surface area contributed by atoms with Crippen molar-refractivity contribution in [1.82, 2.24) is 15.0 Å². The van der Waals surface area contributed by atoms with Gasteiger partial charge < -0.3 is 0 Å². The van der Waals surface area contributed by atoms with Gasteiger partial charge in [-0.2, -0.15) is 0 Å². The molecule has 0 radical (unpaired) electrons. The Kier molecular flexibility index (Phi) is 3.41. The lowest BCUT2D eigenvalue weighted by Crippen LogP contribution is -2.44. The van der Waals surface area contributed by atoms with E-state index < -0.39 is 17.8 Å². The molecule has 2 amide bonds. The Labute approximate surface area is 149 Å². The van der Waals surface area contributed by atoms with Crippen molar-refractivity contribution in [3.05, 3.63) is 60.2 Å². The van der Waals surface area contributed by atoms with E-state index in [-0.39, 0.29) is 17.9 Å². The van der Waals surface area contributed by atoms with Crippen LogP contribution in [0.15, 0.2) is 48.8 Å². The van der Waals surface area contributed by atoms with Crippen molar-refractivity contribution >= 4 is 17.5 Å². The second kappa shape index (κ2) is 5.69. The van der Waals surface area contributed by atoms with E-state index in [4.69, 9.17) is 0 Å². The molecule has 2 aromatic rings. The van der Waals surface area contributed by atoms with Gasteiger partial charge in [-0.15, -0.1) is 0 Å². The Morgan fingerprint density at radius 1 is 0.885 bits per heavy atom. The number of imide groups is 1. The lowest BCUT2D eigenvalue weighted by Gasteiger charge is -2.29. The fourth-order valence-corrected chi connectivity index (χ4v) is 4.52. The van der Waals surface area contributed by atoms with Gasteiger partial charge in [-0.1, -0.05) is 0 Å². The van der Waals surface area contributed by atoms with Crippen molar-refractivity contribution in [2.45, 2.75) is 18.5 Å². The first kappa shape index (κ1) is 15.6. The summed E-state index contributed by atoms with van der Waals surface area (Å²) in [5.41, 5.74) is 1.41. The van der Waals surface area contributed by atoms with Crippen molar-refractivity contribution in [2.24, 2.45) is 5.92 Å². The van der Waals surface area contributed by atoms with E-state index in [9.17, 15) is 14.0 Å². The molecule has 0 aliphatic carbocycles. The van der Waals surface area contributed by atoms with Gasteiger partial charge in [-0.05, 0) is 48.4 Å². The zero-order chi connectivity index (χ0) is 17.8. The topological polar surface area (TPSA) is 56.8 Å². The summed E-state index contributed by atoms with van der Waals surface area (Å²) in [6.07, 6.45) is 4.38.